The van der Waals surface area contributed by atoms with Crippen molar-refractivity contribution in [2.75, 3.05) is 13.2 Å². The first-order valence-corrected chi connectivity index (χ1v) is 4.44. The van der Waals surface area contributed by atoms with E-state index in [1.807, 2.05) is 20.8 Å². The first-order valence-electron chi connectivity index (χ1n) is 4.44. The van der Waals surface area contributed by atoms with Crippen LogP contribution >= 0.6 is 0 Å². The van der Waals surface area contributed by atoms with E-state index in [2.05, 4.69) is 0 Å². The number of hydrogen-bond donors (Lipinski definition) is 0. The van der Waals surface area contributed by atoms with E-state index in [1.165, 1.54) is 0 Å². The third-order valence-corrected chi connectivity index (χ3v) is 1.22. The molecule has 0 fully saturated rings. The quantitative estimate of drug-likeness (QED) is 0.575. The van der Waals surface area contributed by atoms with Crippen LogP contribution in [0.2, 0.25) is 0 Å². The maximum atomic E-state index is 10.9. The number of carbonyl (C=O) groups excluding carboxylic acids is 1. The van der Waals surface area contributed by atoms with Crippen molar-refractivity contribution in [2.24, 2.45) is 0 Å². The van der Waals surface area contributed by atoms with Gasteiger partial charge in [-0.05, 0) is 20.3 Å². The summed E-state index contributed by atoms with van der Waals surface area (Å²) in [6.45, 7) is 6.83. The molecule has 0 N–H and O–H groups in total. The Morgan fingerprint density at radius 2 is 2.00 bits per heavy atom. The molecule has 0 aliphatic rings. The van der Waals surface area contributed by atoms with Gasteiger partial charge in [-0.2, -0.15) is 0 Å². The molecule has 0 saturated carbocycles. The zero-order valence-electron chi connectivity index (χ0n) is 8.13. The molecule has 0 aliphatic heterocycles. The molecule has 0 saturated heterocycles. The normalized spacial score (nSPS) is 10.3. The van der Waals surface area contributed by atoms with Crippen LogP contribution in [0.25, 0.3) is 0 Å². The van der Waals surface area contributed by atoms with Crippen molar-refractivity contribution in [3.63, 3.8) is 0 Å². The van der Waals surface area contributed by atoms with Gasteiger partial charge in [-0.1, -0.05) is 6.92 Å². The van der Waals surface area contributed by atoms with Gasteiger partial charge in [0.25, 0.3) is 0 Å². The third-order valence-electron chi connectivity index (χ3n) is 1.22. The standard InChI is InChI=1S/C9H18O3/c1-4-6-12-9(10)5-7-11-8(2)3/h8H,4-7H2,1-3H3. The molecule has 72 valence electrons. The molecular weight excluding hydrogens is 156 g/mol. The van der Waals surface area contributed by atoms with Gasteiger partial charge in [0.15, 0.2) is 0 Å². The lowest BCUT2D eigenvalue weighted by Crippen LogP contribution is -2.11. The van der Waals surface area contributed by atoms with Crippen molar-refractivity contribution in [1.82, 2.24) is 0 Å². The van der Waals surface area contributed by atoms with Gasteiger partial charge in [0.1, 0.15) is 0 Å². The summed E-state index contributed by atoms with van der Waals surface area (Å²) in [4.78, 5) is 10.9. The van der Waals surface area contributed by atoms with Gasteiger partial charge in [-0.3, -0.25) is 4.79 Å². The summed E-state index contributed by atoms with van der Waals surface area (Å²) in [5, 5.41) is 0. The Morgan fingerprint density at radius 1 is 1.33 bits per heavy atom. The van der Waals surface area contributed by atoms with Crippen LogP contribution in [0.1, 0.15) is 33.6 Å². The van der Waals surface area contributed by atoms with Crippen LogP contribution in [0.5, 0.6) is 0 Å². The SMILES string of the molecule is CCCOC(=O)CCOC(C)C. The molecule has 3 nitrogen and oxygen atoms in total. The molecular formula is C9H18O3. The van der Waals surface area contributed by atoms with Gasteiger partial charge in [0.05, 0.1) is 25.7 Å². The topological polar surface area (TPSA) is 35.5 Å². The minimum Gasteiger partial charge on any atom is -0.466 e. The minimum atomic E-state index is -0.169. The fourth-order valence-corrected chi connectivity index (χ4v) is 0.666. The van der Waals surface area contributed by atoms with Gasteiger partial charge in [0, 0.05) is 0 Å². The van der Waals surface area contributed by atoms with Crippen molar-refractivity contribution >= 4 is 5.97 Å². The summed E-state index contributed by atoms with van der Waals surface area (Å²) in [6.07, 6.45) is 1.42. The molecule has 0 aromatic heterocycles. The van der Waals surface area contributed by atoms with E-state index in [-0.39, 0.29) is 12.1 Å². The van der Waals surface area contributed by atoms with Crippen molar-refractivity contribution < 1.29 is 14.3 Å². The Labute approximate surface area is 74.0 Å². The van der Waals surface area contributed by atoms with Crippen LogP contribution in [-0.2, 0) is 14.3 Å². The Balaban J connectivity index is 3.20. The van der Waals surface area contributed by atoms with Crippen LogP contribution in [0.15, 0.2) is 0 Å². The molecule has 3 heteroatoms. The second-order valence-electron chi connectivity index (χ2n) is 2.89. The molecule has 0 rings (SSSR count). The first kappa shape index (κ1) is 11.4. The Hall–Kier alpha value is -0.570. The molecule has 0 aliphatic carbocycles. The van der Waals surface area contributed by atoms with Crippen molar-refractivity contribution in [3.05, 3.63) is 0 Å². The van der Waals surface area contributed by atoms with E-state index < -0.39 is 0 Å². The number of hydrogen-bond acceptors (Lipinski definition) is 3. The molecule has 0 atom stereocenters. The molecule has 12 heavy (non-hydrogen) atoms. The lowest BCUT2D eigenvalue weighted by Gasteiger charge is -2.06. The van der Waals surface area contributed by atoms with E-state index in [4.69, 9.17) is 9.47 Å². The molecule has 0 aromatic rings. The van der Waals surface area contributed by atoms with E-state index in [0.717, 1.165) is 6.42 Å². The van der Waals surface area contributed by atoms with Crippen LogP contribution in [0.4, 0.5) is 0 Å². The Bertz CT molecular complexity index is 121. The highest BCUT2D eigenvalue weighted by Crippen LogP contribution is 1.93. The smallest absolute Gasteiger partial charge is 0.308 e. The van der Waals surface area contributed by atoms with Gasteiger partial charge in [-0.15, -0.1) is 0 Å². The highest BCUT2D eigenvalue weighted by atomic mass is 16.5. The monoisotopic (exact) mass is 174 g/mol. The lowest BCUT2D eigenvalue weighted by molar-refractivity contribution is -0.145. The molecule has 0 spiro atoms. The minimum absolute atomic E-state index is 0.169. The fraction of sp³-hybridized carbons (Fsp3) is 0.889. The van der Waals surface area contributed by atoms with Crippen molar-refractivity contribution in [3.8, 4) is 0 Å². The number of ether oxygens (including phenoxy) is 2. The highest BCUT2D eigenvalue weighted by molar-refractivity contribution is 5.69. The molecule has 0 amide bonds. The number of esters is 1. The molecule has 0 unspecified atom stereocenters. The summed E-state index contributed by atoms with van der Waals surface area (Å²) >= 11 is 0. The van der Waals surface area contributed by atoms with Crippen LogP contribution in [0, 0.1) is 0 Å². The van der Waals surface area contributed by atoms with Gasteiger partial charge >= 0.3 is 5.97 Å². The van der Waals surface area contributed by atoms with Crippen LogP contribution in [-0.4, -0.2) is 25.3 Å². The summed E-state index contributed by atoms with van der Waals surface area (Å²) in [5.41, 5.74) is 0. The summed E-state index contributed by atoms with van der Waals surface area (Å²) in [7, 11) is 0. The molecule has 0 heterocycles. The van der Waals surface area contributed by atoms with E-state index >= 15 is 0 Å². The maximum absolute atomic E-state index is 10.9. The summed E-state index contributed by atoms with van der Waals surface area (Å²) < 4.78 is 10.0. The zero-order valence-corrected chi connectivity index (χ0v) is 8.13. The average molecular weight is 174 g/mol. The van der Waals surface area contributed by atoms with Crippen LogP contribution < -0.4 is 0 Å². The van der Waals surface area contributed by atoms with Gasteiger partial charge in [-0.25, -0.2) is 0 Å². The molecule has 0 radical (unpaired) electrons. The van der Waals surface area contributed by atoms with Gasteiger partial charge < -0.3 is 9.47 Å². The van der Waals surface area contributed by atoms with E-state index in [1.54, 1.807) is 0 Å². The van der Waals surface area contributed by atoms with Crippen molar-refractivity contribution in [2.45, 2.75) is 39.7 Å². The fourth-order valence-electron chi connectivity index (χ4n) is 0.666. The Morgan fingerprint density at radius 3 is 2.50 bits per heavy atom. The van der Waals surface area contributed by atoms with Crippen molar-refractivity contribution in [1.29, 1.82) is 0 Å². The molecule has 0 bridgehead atoms. The van der Waals surface area contributed by atoms with E-state index in [0.29, 0.717) is 19.6 Å². The Kier molecular flexibility index (Phi) is 6.76. The lowest BCUT2D eigenvalue weighted by atomic mass is 10.4. The third kappa shape index (κ3) is 7.54. The average Bonchev–Trinajstić information content (AvgIpc) is 2.00. The predicted molar refractivity (Wildman–Crippen MR) is 47.0 cm³/mol. The second kappa shape index (κ2) is 7.10. The van der Waals surface area contributed by atoms with Crippen LogP contribution in [0.3, 0.4) is 0 Å². The summed E-state index contributed by atoms with van der Waals surface area (Å²) in [5.74, 6) is -0.169. The summed E-state index contributed by atoms with van der Waals surface area (Å²) in [6, 6.07) is 0. The molecule has 0 aromatic carbocycles. The predicted octanol–water partition coefficient (Wildman–Crippen LogP) is 1.75. The van der Waals surface area contributed by atoms with E-state index in [9.17, 15) is 4.79 Å². The van der Waals surface area contributed by atoms with Gasteiger partial charge in [0.2, 0.25) is 0 Å². The highest BCUT2D eigenvalue weighted by Gasteiger charge is 2.02. The first-order chi connectivity index (χ1) is 5.66. The largest absolute Gasteiger partial charge is 0.466 e. The number of rotatable bonds is 6. The zero-order chi connectivity index (χ0) is 9.40. The second-order valence-corrected chi connectivity index (χ2v) is 2.89. The number of carbonyl (C=O) groups is 1. The maximum Gasteiger partial charge on any atom is 0.308 e.